The summed E-state index contributed by atoms with van der Waals surface area (Å²) in [4.78, 5) is 11.6. The zero-order valence-electron chi connectivity index (χ0n) is 11.2. The topological polar surface area (TPSA) is 41.1 Å². The van der Waals surface area contributed by atoms with E-state index in [1.165, 1.54) is 11.1 Å². The second-order valence-corrected chi connectivity index (χ2v) is 5.04. The van der Waals surface area contributed by atoms with Gasteiger partial charge < -0.3 is 10.6 Å². The number of hydrogen-bond donors (Lipinski definition) is 2. The van der Waals surface area contributed by atoms with Gasteiger partial charge in [-0.1, -0.05) is 6.07 Å². The summed E-state index contributed by atoms with van der Waals surface area (Å²) in [5.74, 6) is -0.664. The molecule has 0 saturated heterocycles. The minimum absolute atomic E-state index is 0.664. The van der Waals surface area contributed by atoms with Crippen LogP contribution in [-0.2, 0) is 17.6 Å². The average Bonchev–Trinajstić information content (AvgIpc) is 2.82. The monoisotopic (exact) mass is 286 g/mol. The molecule has 0 heterocycles. The summed E-state index contributed by atoms with van der Waals surface area (Å²) in [7, 11) is 0. The Balaban J connectivity index is 1.90. The van der Waals surface area contributed by atoms with Crippen molar-refractivity contribution in [3.05, 3.63) is 29.3 Å². The zero-order chi connectivity index (χ0) is 14.8. The Morgan fingerprint density at radius 2 is 2.00 bits per heavy atom. The van der Waals surface area contributed by atoms with Crippen molar-refractivity contribution >= 4 is 11.6 Å². The summed E-state index contributed by atoms with van der Waals surface area (Å²) in [5, 5.41) is 4.80. The van der Waals surface area contributed by atoms with Crippen LogP contribution in [0.2, 0.25) is 0 Å². The van der Waals surface area contributed by atoms with Gasteiger partial charge in [0.05, 0.1) is 0 Å². The third kappa shape index (κ3) is 3.88. The first kappa shape index (κ1) is 14.7. The molecule has 1 aromatic rings. The molecule has 0 radical (unpaired) electrons. The van der Waals surface area contributed by atoms with Crippen LogP contribution >= 0.6 is 0 Å². The van der Waals surface area contributed by atoms with E-state index in [1.54, 1.807) is 6.92 Å². The van der Waals surface area contributed by atoms with Gasteiger partial charge in [-0.25, -0.2) is 0 Å². The highest BCUT2D eigenvalue weighted by Gasteiger charge is 2.28. The van der Waals surface area contributed by atoms with Crippen LogP contribution in [0.4, 0.5) is 18.9 Å². The van der Waals surface area contributed by atoms with Crippen molar-refractivity contribution in [2.24, 2.45) is 0 Å². The summed E-state index contributed by atoms with van der Waals surface area (Å²) in [6.45, 7) is 0.237. The van der Waals surface area contributed by atoms with Gasteiger partial charge in [0.1, 0.15) is 12.6 Å². The molecule has 0 aromatic heterocycles. The predicted octanol–water partition coefficient (Wildman–Crippen LogP) is 2.65. The van der Waals surface area contributed by atoms with E-state index >= 15 is 0 Å². The normalized spacial score (nSPS) is 15.6. The van der Waals surface area contributed by atoms with Crippen molar-refractivity contribution in [1.82, 2.24) is 5.32 Å². The van der Waals surface area contributed by atoms with Crippen LogP contribution in [0, 0.1) is 0 Å². The standard InChI is InChI=1S/C14H17F3N2O/c1-9(13(20)18-8-14(15,16)17)19-12-6-5-10-3-2-4-11(10)7-12/h5-7,9,19H,2-4,8H2,1H3,(H,18,20). The van der Waals surface area contributed by atoms with Crippen molar-refractivity contribution in [3.63, 3.8) is 0 Å². The van der Waals surface area contributed by atoms with Gasteiger partial charge in [0.2, 0.25) is 5.91 Å². The summed E-state index contributed by atoms with van der Waals surface area (Å²) in [6, 6.07) is 5.12. The number of carbonyl (C=O) groups is 1. The minimum Gasteiger partial charge on any atom is -0.374 e. The first-order valence-electron chi connectivity index (χ1n) is 6.58. The predicted molar refractivity (Wildman–Crippen MR) is 70.6 cm³/mol. The van der Waals surface area contributed by atoms with Crippen LogP contribution in [-0.4, -0.2) is 24.7 Å². The SMILES string of the molecule is CC(Nc1ccc2c(c1)CCC2)C(=O)NCC(F)(F)F. The van der Waals surface area contributed by atoms with Crippen LogP contribution in [0.25, 0.3) is 0 Å². The van der Waals surface area contributed by atoms with E-state index < -0.39 is 24.7 Å². The first-order valence-corrected chi connectivity index (χ1v) is 6.58. The summed E-state index contributed by atoms with van der Waals surface area (Å²) in [6.07, 6.45) is -1.18. The molecule has 0 bridgehead atoms. The van der Waals surface area contributed by atoms with Gasteiger partial charge >= 0.3 is 6.18 Å². The lowest BCUT2D eigenvalue weighted by molar-refractivity contribution is -0.138. The third-order valence-corrected chi connectivity index (χ3v) is 3.34. The average molecular weight is 286 g/mol. The smallest absolute Gasteiger partial charge is 0.374 e. The summed E-state index contributed by atoms with van der Waals surface area (Å²) >= 11 is 0. The highest BCUT2D eigenvalue weighted by Crippen LogP contribution is 2.25. The molecular weight excluding hydrogens is 269 g/mol. The molecule has 110 valence electrons. The number of aryl methyl sites for hydroxylation is 2. The van der Waals surface area contributed by atoms with Gasteiger partial charge in [0.15, 0.2) is 0 Å². The number of amides is 1. The molecule has 6 heteroatoms. The fraction of sp³-hybridized carbons (Fsp3) is 0.500. The lowest BCUT2D eigenvalue weighted by atomic mass is 10.1. The number of hydrogen-bond acceptors (Lipinski definition) is 2. The molecule has 2 N–H and O–H groups in total. The molecule has 0 saturated carbocycles. The number of benzene rings is 1. The summed E-state index contributed by atoms with van der Waals surface area (Å²) in [5.41, 5.74) is 3.32. The number of carbonyl (C=O) groups excluding carboxylic acids is 1. The van der Waals surface area contributed by atoms with Crippen molar-refractivity contribution in [3.8, 4) is 0 Å². The van der Waals surface area contributed by atoms with E-state index in [0.717, 1.165) is 24.9 Å². The molecule has 0 aliphatic heterocycles. The Morgan fingerprint density at radius 1 is 1.30 bits per heavy atom. The van der Waals surface area contributed by atoms with E-state index in [-0.39, 0.29) is 0 Å². The largest absolute Gasteiger partial charge is 0.405 e. The van der Waals surface area contributed by atoms with Crippen LogP contribution < -0.4 is 10.6 Å². The summed E-state index contributed by atoms with van der Waals surface area (Å²) < 4.78 is 36.1. The number of alkyl halides is 3. The van der Waals surface area contributed by atoms with Crippen molar-refractivity contribution in [1.29, 1.82) is 0 Å². The Bertz CT molecular complexity index is 500. The van der Waals surface area contributed by atoms with Crippen LogP contribution in [0.1, 0.15) is 24.5 Å². The maximum atomic E-state index is 12.0. The van der Waals surface area contributed by atoms with Crippen LogP contribution in [0.5, 0.6) is 0 Å². The molecule has 3 nitrogen and oxygen atoms in total. The third-order valence-electron chi connectivity index (χ3n) is 3.34. The maximum absolute atomic E-state index is 12.0. The van der Waals surface area contributed by atoms with E-state index in [2.05, 4.69) is 5.32 Å². The van der Waals surface area contributed by atoms with Crippen LogP contribution in [0.15, 0.2) is 18.2 Å². The fourth-order valence-electron chi connectivity index (χ4n) is 2.32. The van der Waals surface area contributed by atoms with Gasteiger partial charge in [-0.15, -0.1) is 0 Å². The quantitative estimate of drug-likeness (QED) is 0.893. The van der Waals surface area contributed by atoms with Gasteiger partial charge in [0, 0.05) is 5.69 Å². The molecule has 1 unspecified atom stereocenters. The highest BCUT2D eigenvalue weighted by atomic mass is 19.4. The van der Waals surface area contributed by atoms with E-state index in [4.69, 9.17) is 0 Å². The minimum atomic E-state index is -4.39. The van der Waals surface area contributed by atoms with Gasteiger partial charge in [-0.2, -0.15) is 13.2 Å². The molecule has 1 aliphatic rings. The molecule has 1 amide bonds. The molecular formula is C14H17F3N2O. The first-order chi connectivity index (χ1) is 9.35. The lowest BCUT2D eigenvalue weighted by Crippen LogP contribution is -2.42. The van der Waals surface area contributed by atoms with Crippen molar-refractivity contribution in [2.75, 3.05) is 11.9 Å². The Labute approximate surface area is 115 Å². The molecule has 0 spiro atoms. The number of anilines is 1. The Morgan fingerprint density at radius 3 is 2.70 bits per heavy atom. The molecule has 1 atom stereocenters. The van der Waals surface area contributed by atoms with E-state index in [0.29, 0.717) is 0 Å². The fourth-order valence-corrected chi connectivity index (χ4v) is 2.32. The molecule has 20 heavy (non-hydrogen) atoms. The Hall–Kier alpha value is -1.72. The van der Waals surface area contributed by atoms with Crippen molar-refractivity contribution in [2.45, 2.75) is 38.4 Å². The number of halogens is 3. The highest BCUT2D eigenvalue weighted by molar-refractivity contribution is 5.84. The zero-order valence-corrected chi connectivity index (χ0v) is 11.2. The maximum Gasteiger partial charge on any atom is 0.405 e. The van der Waals surface area contributed by atoms with Crippen LogP contribution in [0.3, 0.4) is 0 Å². The molecule has 0 fully saturated rings. The second-order valence-electron chi connectivity index (χ2n) is 5.04. The molecule has 2 rings (SSSR count). The van der Waals surface area contributed by atoms with E-state index in [1.807, 2.05) is 23.5 Å². The van der Waals surface area contributed by atoms with Gasteiger partial charge in [-0.05, 0) is 49.4 Å². The number of rotatable bonds is 4. The van der Waals surface area contributed by atoms with Crippen molar-refractivity contribution < 1.29 is 18.0 Å². The number of nitrogens with one attached hydrogen (secondary N) is 2. The molecule has 1 aromatic carbocycles. The lowest BCUT2D eigenvalue weighted by Gasteiger charge is -2.16. The van der Waals surface area contributed by atoms with Gasteiger partial charge in [-0.3, -0.25) is 4.79 Å². The Kier molecular flexibility index (Phi) is 4.20. The van der Waals surface area contributed by atoms with Gasteiger partial charge in [0.25, 0.3) is 0 Å². The number of fused-ring (bicyclic) bond motifs is 1. The second kappa shape index (κ2) is 5.73. The molecule has 1 aliphatic carbocycles. The van der Waals surface area contributed by atoms with E-state index in [9.17, 15) is 18.0 Å².